The highest BCUT2D eigenvalue weighted by Gasteiger charge is 2.25. The summed E-state index contributed by atoms with van der Waals surface area (Å²) in [5.74, 6) is 1.72. The van der Waals surface area contributed by atoms with Gasteiger partial charge in [-0.1, -0.05) is 25.5 Å². The van der Waals surface area contributed by atoms with Gasteiger partial charge in [0.05, 0.1) is 12.8 Å². The Morgan fingerprint density at radius 2 is 2.30 bits per heavy atom. The van der Waals surface area contributed by atoms with Gasteiger partial charge in [-0.2, -0.15) is 5.10 Å². The van der Waals surface area contributed by atoms with Crippen LogP contribution in [-0.4, -0.2) is 41.9 Å². The van der Waals surface area contributed by atoms with Crippen molar-refractivity contribution >= 4 is 0 Å². The van der Waals surface area contributed by atoms with E-state index in [1.165, 1.54) is 5.56 Å². The molecule has 1 aliphatic heterocycles. The van der Waals surface area contributed by atoms with E-state index in [4.69, 9.17) is 9.47 Å². The minimum Gasteiger partial charge on any atom is -0.493 e. The molecule has 0 unspecified atom stereocenters. The molecule has 0 saturated carbocycles. The first-order valence-electron chi connectivity index (χ1n) is 8.23. The molecule has 5 nitrogen and oxygen atoms in total. The molecule has 0 spiro atoms. The monoisotopic (exact) mass is 315 g/mol. The minimum absolute atomic E-state index is 0.354. The number of aryl methyl sites for hydroxylation is 1. The Morgan fingerprint density at radius 3 is 3.09 bits per heavy atom. The van der Waals surface area contributed by atoms with E-state index < -0.39 is 0 Å². The summed E-state index contributed by atoms with van der Waals surface area (Å²) in [5, 5.41) is 7.51. The number of aromatic amines is 1. The van der Waals surface area contributed by atoms with Crippen molar-refractivity contribution in [2.45, 2.75) is 38.8 Å². The van der Waals surface area contributed by atoms with E-state index in [1.54, 1.807) is 7.11 Å². The van der Waals surface area contributed by atoms with E-state index in [9.17, 15) is 0 Å². The van der Waals surface area contributed by atoms with Crippen LogP contribution in [0.3, 0.4) is 0 Å². The minimum atomic E-state index is 0.354. The van der Waals surface area contributed by atoms with Crippen LogP contribution in [0.25, 0.3) is 0 Å². The zero-order valence-corrected chi connectivity index (χ0v) is 14.1. The fourth-order valence-corrected chi connectivity index (χ4v) is 3.09. The van der Waals surface area contributed by atoms with Crippen molar-refractivity contribution in [3.63, 3.8) is 0 Å². The van der Waals surface area contributed by atoms with Gasteiger partial charge in [0.1, 0.15) is 6.61 Å². The number of para-hydroxylation sites is 1. The van der Waals surface area contributed by atoms with E-state index in [-0.39, 0.29) is 0 Å². The molecule has 0 amide bonds. The smallest absolute Gasteiger partial charge is 0.164 e. The first kappa shape index (κ1) is 15.9. The Balaban J connectivity index is 1.65. The molecule has 1 atom stereocenters. The van der Waals surface area contributed by atoms with Crippen LogP contribution >= 0.6 is 0 Å². The number of nitrogens with one attached hydrogen (secondary N) is 1. The summed E-state index contributed by atoms with van der Waals surface area (Å²) in [6, 6.07) is 8.61. The largest absolute Gasteiger partial charge is 0.493 e. The van der Waals surface area contributed by atoms with E-state index in [0.29, 0.717) is 12.6 Å². The number of rotatable bonds is 6. The van der Waals surface area contributed by atoms with Crippen LogP contribution in [0.1, 0.15) is 30.3 Å². The molecule has 0 aliphatic carbocycles. The maximum absolute atomic E-state index is 5.97. The number of H-pyrrole nitrogens is 1. The maximum atomic E-state index is 5.97. The van der Waals surface area contributed by atoms with Crippen LogP contribution in [0.4, 0.5) is 0 Å². The Hall–Kier alpha value is -2.01. The standard InChI is InChI=1S/C18H25N3O2/c1-4-6-14-10-15(20-19-14)11-21(2)16-9-13-7-5-8-17(22-3)18(13)23-12-16/h5,7-8,10,16H,4,6,9,11-12H2,1-3H3,(H,19,20)/t16-/m1/s1. The van der Waals surface area contributed by atoms with E-state index >= 15 is 0 Å². The molecular formula is C18H25N3O2. The highest BCUT2D eigenvalue weighted by atomic mass is 16.5. The number of hydrogen-bond donors (Lipinski definition) is 1. The third-order valence-corrected chi connectivity index (χ3v) is 4.39. The SMILES string of the molecule is CCCc1cc(CN(C)[C@H]2COc3c(cccc3OC)C2)[nH]n1. The predicted octanol–water partition coefficient (Wildman–Crippen LogP) is 2.81. The van der Waals surface area contributed by atoms with Gasteiger partial charge in [-0.15, -0.1) is 0 Å². The quantitative estimate of drug-likeness (QED) is 0.890. The number of fused-ring (bicyclic) bond motifs is 1. The molecule has 124 valence electrons. The molecular weight excluding hydrogens is 290 g/mol. The van der Waals surface area contributed by atoms with Crippen molar-refractivity contribution < 1.29 is 9.47 Å². The van der Waals surface area contributed by atoms with Crippen LogP contribution in [0.5, 0.6) is 11.5 Å². The van der Waals surface area contributed by atoms with Gasteiger partial charge in [-0.25, -0.2) is 0 Å². The fourth-order valence-electron chi connectivity index (χ4n) is 3.09. The third-order valence-electron chi connectivity index (χ3n) is 4.39. The average molecular weight is 315 g/mol. The summed E-state index contributed by atoms with van der Waals surface area (Å²) < 4.78 is 11.3. The van der Waals surface area contributed by atoms with Gasteiger partial charge in [0.25, 0.3) is 0 Å². The molecule has 1 aliphatic rings. The number of hydrogen-bond acceptors (Lipinski definition) is 4. The second-order valence-corrected chi connectivity index (χ2v) is 6.17. The number of likely N-dealkylation sites (N-methyl/N-ethyl adjacent to an activating group) is 1. The first-order chi connectivity index (χ1) is 11.2. The number of ether oxygens (including phenoxy) is 2. The average Bonchev–Trinajstić information content (AvgIpc) is 3.01. The van der Waals surface area contributed by atoms with Gasteiger partial charge >= 0.3 is 0 Å². The van der Waals surface area contributed by atoms with Crippen LogP contribution in [-0.2, 0) is 19.4 Å². The van der Waals surface area contributed by atoms with Crippen LogP contribution in [0.2, 0.25) is 0 Å². The molecule has 0 bridgehead atoms. The molecule has 0 radical (unpaired) electrons. The van der Waals surface area contributed by atoms with E-state index in [2.05, 4.69) is 41.2 Å². The molecule has 0 fully saturated rings. The molecule has 5 heteroatoms. The zero-order chi connectivity index (χ0) is 16.2. The lowest BCUT2D eigenvalue weighted by atomic mass is 10.0. The summed E-state index contributed by atoms with van der Waals surface area (Å²) in [5.41, 5.74) is 3.52. The van der Waals surface area contributed by atoms with Crippen LogP contribution < -0.4 is 9.47 Å². The second-order valence-electron chi connectivity index (χ2n) is 6.17. The summed E-state index contributed by atoms with van der Waals surface area (Å²) >= 11 is 0. The highest BCUT2D eigenvalue weighted by molar-refractivity contribution is 5.48. The van der Waals surface area contributed by atoms with Crippen molar-refractivity contribution in [2.24, 2.45) is 0 Å². The lowest BCUT2D eigenvalue weighted by molar-refractivity contribution is 0.133. The second kappa shape index (κ2) is 7.04. The summed E-state index contributed by atoms with van der Waals surface area (Å²) in [6.45, 7) is 3.70. The van der Waals surface area contributed by atoms with Gasteiger partial charge in [0.2, 0.25) is 0 Å². The number of aromatic nitrogens is 2. The van der Waals surface area contributed by atoms with Gasteiger partial charge < -0.3 is 9.47 Å². The maximum Gasteiger partial charge on any atom is 0.164 e. The number of nitrogens with zero attached hydrogens (tertiary/aromatic N) is 2. The molecule has 3 rings (SSSR count). The van der Waals surface area contributed by atoms with Crippen molar-refractivity contribution in [2.75, 3.05) is 20.8 Å². The summed E-state index contributed by atoms with van der Waals surface area (Å²) in [7, 11) is 3.82. The topological polar surface area (TPSA) is 50.4 Å². The fraction of sp³-hybridized carbons (Fsp3) is 0.500. The van der Waals surface area contributed by atoms with Crippen molar-refractivity contribution in [1.82, 2.24) is 15.1 Å². The Morgan fingerprint density at radius 1 is 1.43 bits per heavy atom. The van der Waals surface area contributed by atoms with E-state index in [0.717, 1.165) is 48.7 Å². The molecule has 0 saturated heterocycles. The normalized spacial score (nSPS) is 17.0. The Labute approximate surface area is 137 Å². The zero-order valence-electron chi connectivity index (χ0n) is 14.1. The Bertz CT molecular complexity index is 653. The number of benzene rings is 1. The Kier molecular flexibility index (Phi) is 4.86. The molecule has 2 heterocycles. The third kappa shape index (κ3) is 3.50. The van der Waals surface area contributed by atoms with Crippen LogP contribution in [0.15, 0.2) is 24.3 Å². The van der Waals surface area contributed by atoms with E-state index in [1.807, 2.05) is 12.1 Å². The molecule has 1 N–H and O–H groups in total. The number of methoxy groups -OCH3 is 1. The lowest BCUT2D eigenvalue weighted by Gasteiger charge is -2.32. The lowest BCUT2D eigenvalue weighted by Crippen LogP contribution is -2.40. The highest BCUT2D eigenvalue weighted by Crippen LogP contribution is 2.35. The first-order valence-corrected chi connectivity index (χ1v) is 8.23. The van der Waals surface area contributed by atoms with Crippen LogP contribution in [0, 0.1) is 0 Å². The van der Waals surface area contributed by atoms with Crippen molar-refractivity contribution in [3.05, 3.63) is 41.2 Å². The predicted molar refractivity (Wildman–Crippen MR) is 90.0 cm³/mol. The van der Waals surface area contributed by atoms with Gasteiger partial charge in [0, 0.05) is 18.3 Å². The molecule has 1 aromatic carbocycles. The summed E-state index contributed by atoms with van der Waals surface area (Å²) in [6.07, 6.45) is 3.12. The van der Waals surface area contributed by atoms with Crippen molar-refractivity contribution in [1.29, 1.82) is 0 Å². The molecule has 1 aromatic heterocycles. The van der Waals surface area contributed by atoms with Crippen molar-refractivity contribution in [3.8, 4) is 11.5 Å². The molecule has 2 aromatic rings. The summed E-state index contributed by atoms with van der Waals surface area (Å²) in [4.78, 5) is 2.33. The van der Waals surface area contributed by atoms with Gasteiger partial charge in [-0.05, 0) is 37.6 Å². The van der Waals surface area contributed by atoms with Gasteiger partial charge in [0.15, 0.2) is 11.5 Å². The molecule has 23 heavy (non-hydrogen) atoms. The van der Waals surface area contributed by atoms with Gasteiger partial charge in [-0.3, -0.25) is 10.00 Å².